The summed E-state index contributed by atoms with van der Waals surface area (Å²) in [4.78, 5) is 0. The number of hydrazone groups is 1. The van der Waals surface area contributed by atoms with E-state index in [0.717, 1.165) is 30.7 Å². The van der Waals surface area contributed by atoms with Crippen LogP contribution in [0.3, 0.4) is 0 Å². The van der Waals surface area contributed by atoms with Crippen molar-refractivity contribution < 1.29 is 0 Å². The van der Waals surface area contributed by atoms with Crippen molar-refractivity contribution in [2.75, 3.05) is 5.32 Å². The molecular weight excluding hydrogens is 338 g/mol. The first-order valence-corrected chi connectivity index (χ1v) is 8.81. The van der Waals surface area contributed by atoms with Crippen molar-refractivity contribution in [2.24, 2.45) is 5.10 Å². The predicted molar refractivity (Wildman–Crippen MR) is 106 cm³/mol. The molecule has 0 radical (unpaired) electrons. The van der Waals surface area contributed by atoms with Gasteiger partial charge < -0.3 is 5.32 Å². The van der Waals surface area contributed by atoms with Crippen molar-refractivity contribution in [3.8, 4) is 0 Å². The highest BCUT2D eigenvalue weighted by molar-refractivity contribution is 7.80. The Balaban J connectivity index is 1.74. The summed E-state index contributed by atoms with van der Waals surface area (Å²) >= 11 is 11.2. The number of nitrogens with one attached hydrogen (secondary N) is 2. The summed E-state index contributed by atoms with van der Waals surface area (Å²) < 4.78 is 0. The molecule has 0 bridgehead atoms. The maximum Gasteiger partial charge on any atom is 0.191 e. The van der Waals surface area contributed by atoms with Crippen LogP contribution in [0, 0.1) is 13.8 Å². The van der Waals surface area contributed by atoms with E-state index in [2.05, 4.69) is 41.8 Å². The Morgan fingerprint density at radius 1 is 1.12 bits per heavy atom. The maximum absolute atomic E-state index is 5.89. The molecule has 1 aliphatic carbocycles. The molecule has 2 aromatic rings. The molecule has 0 saturated carbocycles. The number of thiocarbonyl (C=S) groups is 1. The molecule has 0 unspecified atom stereocenters. The molecule has 124 valence electrons. The lowest BCUT2D eigenvalue weighted by Crippen LogP contribution is -2.26. The van der Waals surface area contributed by atoms with E-state index in [0.29, 0.717) is 10.1 Å². The number of benzene rings is 2. The molecule has 3 nitrogen and oxygen atoms in total. The second kappa shape index (κ2) is 7.32. The molecule has 0 saturated heterocycles. The van der Waals surface area contributed by atoms with Crippen molar-refractivity contribution in [1.29, 1.82) is 0 Å². The molecule has 0 amide bonds. The zero-order valence-corrected chi connectivity index (χ0v) is 15.4. The van der Waals surface area contributed by atoms with Crippen LogP contribution in [0.2, 0.25) is 5.02 Å². The van der Waals surface area contributed by atoms with Gasteiger partial charge in [0.05, 0.1) is 5.71 Å². The van der Waals surface area contributed by atoms with Gasteiger partial charge in [-0.3, -0.25) is 5.43 Å². The Morgan fingerprint density at radius 3 is 2.62 bits per heavy atom. The van der Waals surface area contributed by atoms with Crippen molar-refractivity contribution in [3.63, 3.8) is 0 Å². The van der Waals surface area contributed by atoms with Gasteiger partial charge in [0.25, 0.3) is 0 Å². The fourth-order valence-corrected chi connectivity index (χ4v) is 3.37. The van der Waals surface area contributed by atoms with E-state index in [1.54, 1.807) is 0 Å². The molecule has 0 heterocycles. The van der Waals surface area contributed by atoms with Gasteiger partial charge in [-0.1, -0.05) is 23.2 Å². The van der Waals surface area contributed by atoms with Crippen molar-refractivity contribution in [1.82, 2.24) is 5.43 Å². The molecule has 0 atom stereocenters. The molecule has 3 rings (SSSR count). The minimum atomic E-state index is 0.473. The van der Waals surface area contributed by atoms with Crippen molar-refractivity contribution in [2.45, 2.75) is 33.1 Å². The fraction of sp³-hybridized carbons (Fsp3) is 0.263. The lowest BCUT2D eigenvalue weighted by Gasteiger charge is -2.21. The highest BCUT2D eigenvalue weighted by Crippen LogP contribution is 2.26. The predicted octanol–water partition coefficient (Wildman–Crippen LogP) is 4.98. The Labute approximate surface area is 153 Å². The van der Waals surface area contributed by atoms with Crippen LogP contribution in [0.1, 0.15) is 35.1 Å². The van der Waals surface area contributed by atoms with Gasteiger partial charge in [-0.15, -0.1) is 0 Å². The fourth-order valence-electron chi connectivity index (χ4n) is 3.08. The Kier molecular flexibility index (Phi) is 5.17. The smallest absolute Gasteiger partial charge is 0.191 e. The molecule has 2 aromatic carbocycles. The van der Waals surface area contributed by atoms with Crippen LogP contribution in [0.4, 0.5) is 5.69 Å². The first-order valence-electron chi connectivity index (χ1n) is 8.02. The summed E-state index contributed by atoms with van der Waals surface area (Å²) in [5.41, 5.74) is 10.2. The summed E-state index contributed by atoms with van der Waals surface area (Å²) in [6, 6.07) is 11.9. The van der Waals surface area contributed by atoms with Gasteiger partial charge in [0, 0.05) is 16.3 Å². The van der Waals surface area contributed by atoms with Crippen molar-refractivity contribution in [3.05, 3.63) is 63.7 Å². The van der Waals surface area contributed by atoms with Crippen LogP contribution in [0.5, 0.6) is 0 Å². The number of fused-ring (bicyclic) bond motifs is 1. The summed E-state index contributed by atoms with van der Waals surface area (Å²) in [6.45, 7) is 4.30. The second-order valence-corrected chi connectivity index (χ2v) is 6.94. The molecule has 0 spiro atoms. The standard InChI is InChI=1S/C19H20ClN3S/c1-12-10-13(2)16-4-3-5-18(17(16)11-12)22-23-19(24)21-15-8-6-14(20)7-9-15/h6-11H,3-5H2,1-2H3,(H2,21,23,24)/b22-18+. The average Bonchev–Trinajstić information content (AvgIpc) is 2.55. The topological polar surface area (TPSA) is 36.4 Å². The lowest BCUT2D eigenvalue weighted by atomic mass is 9.86. The SMILES string of the molecule is Cc1cc(C)c2c(c1)/C(=N/NC(=S)Nc1ccc(Cl)cc1)CCC2. The molecule has 0 fully saturated rings. The molecule has 24 heavy (non-hydrogen) atoms. The largest absolute Gasteiger partial charge is 0.331 e. The van der Waals surface area contributed by atoms with E-state index in [1.165, 1.54) is 22.3 Å². The molecular formula is C19H20ClN3S. The van der Waals surface area contributed by atoms with E-state index < -0.39 is 0 Å². The third-order valence-corrected chi connectivity index (χ3v) is 4.61. The Morgan fingerprint density at radius 2 is 1.88 bits per heavy atom. The second-order valence-electron chi connectivity index (χ2n) is 6.09. The third kappa shape index (κ3) is 3.94. The summed E-state index contributed by atoms with van der Waals surface area (Å²) in [6.07, 6.45) is 3.20. The summed E-state index contributed by atoms with van der Waals surface area (Å²) in [7, 11) is 0. The lowest BCUT2D eigenvalue weighted by molar-refractivity contribution is 0.821. The molecule has 5 heteroatoms. The van der Waals surface area contributed by atoms with Crippen LogP contribution in [0.25, 0.3) is 0 Å². The van der Waals surface area contributed by atoms with E-state index in [4.69, 9.17) is 23.8 Å². The minimum absolute atomic E-state index is 0.473. The number of aryl methyl sites for hydroxylation is 2. The van der Waals surface area contributed by atoms with Crippen molar-refractivity contribution >= 4 is 40.3 Å². The van der Waals surface area contributed by atoms with Gasteiger partial charge in [0.2, 0.25) is 0 Å². The summed E-state index contributed by atoms with van der Waals surface area (Å²) in [5, 5.41) is 8.84. The summed E-state index contributed by atoms with van der Waals surface area (Å²) in [5.74, 6) is 0. The molecule has 0 aliphatic heterocycles. The number of rotatable bonds is 2. The third-order valence-electron chi connectivity index (χ3n) is 4.16. The number of hydrogen-bond donors (Lipinski definition) is 2. The van der Waals surface area contributed by atoms with Crippen LogP contribution in [-0.2, 0) is 6.42 Å². The highest BCUT2D eigenvalue weighted by atomic mass is 35.5. The minimum Gasteiger partial charge on any atom is -0.331 e. The monoisotopic (exact) mass is 357 g/mol. The normalized spacial score (nSPS) is 15.0. The van der Waals surface area contributed by atoms with Gasteiger partial charge in [-0.25, -0.2) is 0 Å². The van der Waals surface area contributed by atoms with Gasteiger partial charge in [0.1, 0.15) is 0 Å². The van der Waals surface area contributed by atoms with Crippen LogP contribution < -0.4 is 10.7 Å². The number of anilines is 1. The van der Waals surface area contributed by atoms with Crippen LogP contribution in [-0.4, -0.2) is 10.8 Å². The van der Waals surface area contributed by atoms with E-state index in [9.17, 15) is 0 Å². The van der Waals surface area contributed by atoms with E-state index in [-0.39, 0.29) is 0 Å². The maximum atomic E-state index is 5.89. The van der Waals surface area contributed by atoms with Crippen LogP contribution in [0.15, 0.2) is 41.5 Å². The number of hydrogen-bond acceptors (Lipinski definition) is 2. The highest BCUT2D eigenvalue weighted by Gasteiger charge is 2.17. The molecule has 0 aromatic heterocycles. The zero-order chi connectivity index (χ0) is 17.1. The van der Waals surface area contributed by atoms with Crippen LogP contribution >= 0.6 is 23.8 Å². The molecule has 2 N–H and O–H groups in total. The Bertz CT molecular complexity index is 797. The average molecular weight is 358 g/mol. The van der Waals surface area contributed by atoms with E-state index in [1.807, 2.05) is 24.3 Å². The number of halogens is 1. The Hall–Kier alpha value is -1.91. The van der Waals surface area contributed by atoms with E-state index >= 15 is 0 Å². The molecule has 1 aliphatic rings. The zero-order valence-electron chi connectivity index (χ0n) is 13.8. The number of nitrogens with zero attached hydrogens (tertiary/aromatic N) is 1. The van der Waals surface area contributed by atoms with Gasteiger partial charge in [-0.2, -0.15) is 5.10 Å². The first-order chi connectivity index (χ1) is 11.5. The first kappa shape index (κ1) is 16.9. The quantitative estimate of drug-likeness (QED) is 0.587. The van der Waals surface area contributed by atoms with Gasteiger partial charge in [-0.05, 0) is 86.8 Å². The van der Waals surface area contributed by atoms with Gasteiger partial charge in [0.15, 0.2) is 5.11 Å². The van der Waals surface area contributed by atoms with Gasteiger partial charge >= 0.3 is 0 Å².